The van der Waals surface area contributed by atoms with Crippen LogP contribution in [0.15, 0.2) is 47.4 Å². The van der Waals surface area contributed by atoms with Crippen LogP contribution in [0, 0.1) is 6.92 Å². The summed E-state index contributed by atoms with van der Waals surface area (Å²) < 4.78 is 29.1. The molecular formula is C27H36N4O3S2. The van der Waals surface area contributed by atoms with E-state index in [0.717, 1.165) is 54.7 Å². The van der Waals surface area contributed by atoms with Crippen LogP contribution in [-0.4, -0.2) is 67.3 Å². The first-order valence-corrected chi connectivity index (χ1v) is 15.0. The van der Waals surface area contributed by atoms with Crippen LogP contribution in [0.2, 0.25) is 0 Å². The quantitative estimate of drug-likeness (QED) is 0.384. The topological polar surface area (TPSA) is 73.8 Å². The zero-order valence-electron chi connectivity index (χ0n) is 21.6. The van der Waals surface area contributed by atoms with Gasteiger partial charge in [0.25, 0.3) is 5.91 Å². The number of hydrogen-bond acceptors (Lipinski definition) is 6. The van der Waals surface area contributed by atoms with Crippen molar-refractivity contribution in [2.75, 3.05) is 37.6 Å². The van der Waals surface area contributed by atoms with Crippen molar-refractivity contribution >= 4 is 42.6 Å². The summed E-state index contributed by atoms with van der Waals surface area (Å²) in [5, 5.41) is 0.662. The number of hydrogen-bond donors (Lipinski definition) is 0. The zero-order valence-corrected chi connectivity index (χ0v) is 23.2. The molecule has 3 aromatic rings. The van der Waals surface area contributed by atoms with Crippen LogP contribution in [0.5, 0.6) is 0 Å². The number of amides is 1. The fourth-order valence-electron chi connectivity index (χ4n) is 4.74. The molecule has 0 radical (unpaired) electrons. The number of likely N-dealkylation sites (N-methyl/N-ethyl adjacent to an activating group) is 1. The first-order valence-electron chi connectivity index (χ1n) is 12.8. The Kier molecular flexibility index (Phi) is 8.44. The molecular weight excluding hydrogens is 492 g/mol. The summed E-state index contributed by atoms with van der Waals surface area (Å²) in [4.78, 5) is 22.8. The monoisotopic (exact) mass is 528 g/mol. The SMILES string of the molecule is CCN(CC)CCN(C(=O)c1ccc(S(=O)(=O)N2CCCCC2C)cc1)c1nc2c(C)cccc2s1. The van der Waals surface area contributed by atoms with Crippen molar-refractivity contribution in [3.05, 3.63) is 53.6 Å². The van der Waals surface area contributed by atoms with Gasteiger partial charge in [-0.3, -0.25) is 9.69 Å². The predicted molar refractivity (Wildman–Crippen MR) is 147 cm³/mol. The smallest absolute Gasteiger partial charge is 0.260 e. The van der Waals surface area contributed by atoms with Crippen molar-refractivity contribution in [1.82, 2.24) is 14.2 Å². The van der Waals surface area contributed by atoms with E-state index >= 15 is 0 Å². The Balaban J connectivity index is 1.63. The molecule has 1 aromatic heterocycles. The highest BCUT2D eigenvalue weighted by atomic mass is 32.2. The van der Waals surface area contributed by atoms with E-state index < -0.39 is 10.0 Å². The number of piperidine rings is 1. The van der Waals surface area contributed by atoms with E-state index in [1.165, 1.54) is 11.3 Å². The van der Waals surface area contributed by atoms with E-state index in [1.807, 2.05) is 32.0 Å². The number of benzene rings is 2. The van der Waals surface area contributed by atoms with Gasteiger partial charge < -0.3 is 4.90 Å². The van der Waals surface area contributed by atoms with Crippen molar-refractivity contribution in [3.63, 3.8) is 0 Å². The maximum absolute atomic E-state index is 13.7. The molecule has 0 bridgehead atoms. The largest absolute Gasteiger partial charge is 0.302 e. The zero-order chi connectivity index (χ0) is 25.9. The third-order valence-corrected chi connectivity index (χ3v) is 10.1. The third kappa shape index (κ3) is 5.49. The normalized spacial score (nSPS) is 17.1. The molecule has 9 heteroatoms. The minimum absolute atomic E-state index is 0.0110. The average molecular weight is 529 g/mol. The molecule has 0 aliphatic carbocycles. The third-order valence-electron chi connectivity index (χ3n) is 7.07. The van der Waals surface area contributed by atoms with E-state index in [9.17, 15) is 13.2 Å². The highest BCUT2D eigenvalue weighted by Crippen LogP contribution is 2.32. The maximum Gasteiger partial charge on any atom is 0.260 e. The lowest BCUT2D eigenvalue weighted by molar-refractivity contribution is 0.0983. The molecule has 0 saturated carbocycles. The van der Waals surface area contributed by atoms with E-state index in [2.05, 4.69) is 18.7 Å². The molecule has 2 aromatic carbocycles. The summed E-state index contributed by atoms with van der Waals surface area (Å²) >= 11 is 1.51. The molecule has 194 valence electrons. The van der Waals surface area contributed by atoms with Crippen molar-refractivity contribution in [2.45, 2.75) is 57.9 Å². The van der Waals surface area contributed by atoms with Gasteiger partial charge in [-0.25, -0.2) is 13.4 Å². The van der Waals surface area contributed by atoms with E-state index in [1.54, 1.807) is 33.5 Å². The molecule has 7 nitrogen and oxygen atoms in total. The minimum atomic E-state index is -3.58. The van der Waals surface area contributed by atoms with Gasteiger partial charge in [0.15, 0.2) is 5.13 Å². The summed E-state index contributed by atoms with van der Waals surface area (Å²) in [5.74, 6) is -0.172. The molecule has 0 spiro atoms. The first kappa shape index (κ1) is 26.7. The molecule has 1 fully saturated rings. The summed E-state index contributed by atoms with van der Waals surface area (Å²) in [6.45, 7) is 11.8. The molecule has 4 rings (SSSR count). The molecule has 1 saturated heterocycles. The minimum Gasteiger partial charge on any atom is -0.302 e. The van der Waals surface area contributed by atoms with Gasteiger partial charge in [-0.15, -0.1) is 0 Å². The Morgan fingerprint density at radius 2 is 1.81 bits per heavy atom. The molecule has 1 amide bonds. The summed E-state index contributed by atoms with van der Waals surface area (Å²) in [6.07, 6.45) is 2.80. The average Bonchev–Trinajstić information content (AvgIpc) is 3.32. The standard InChI is InChI=1S/C27H36N4O3S2/c1-5-29(6-2)18-19-30(27-28-25-20(3)10-9-12-24(25)35-27)26(32)22-13-15-23(16-14-22)36(33,34)31-17-8-7-11-21(31)4/h9-10,12-16,21H,5-8,11,17-19H2,1-4H3. The fourth-order valence-corrected chi connectivity index (χ4v) is 7.51. The summed E-state index contributed by atoms with van der Waals surface area (Å²) in [6, 6.07) is 12.4. The van der Waals surface area contributed by atoms with Gasteiger partial charge in [0, 0.05) is 31.2 Å². The van der Waals surface area contributed by atoms with Crippen molar-refractivity contribution in [1.29, 1.82) is 0 Å². The Labute approximate surface area is 218 Å². The van der Waals surface area contributed by atoms with Gasteiger partial charge in [-0.2, -0.15) is 4.31 Å². The fraction of sp³-hybridized carbons (Fsp3) is 0.481. The summed E-state index contributed by atoms with van der Waals surface area (Å²) in [7, 11) is -3.58. The van der Waals surface area contributed by atoms with Crippen LogP contribution >= 0.6 is 11.3 Å². The van der Waals surface area contributed by atoms with Crippen molar-refractivity contribution in [2.24, 2.45) is 0 Å². The number of aryl methyl sites for hydroxylation is 1. The molecule has 0 N–H and O–H groups in total. The molecule has 1 aliphatic heterocycles. The van der Waals surface area contributed by atoms with E-state index in [-0.39, 0.29) is 16.8 Å². The molecule has 1 atom stereocenters. The lowest BCUT2D eigenvalue weighted by Gasteiger charge is -2.32. The predicted octanol–water partition coefficient (Wildman–Crippen LogP) is 5.16. The second-order valence-corrected chi connectivity index (χ2v) is 12.3. The Bertz CT molecular complexity index is 1300. The Morgan fingerprint density at radius 3 is 2.44 bits per heavy atom. The number of rotatable bonds is 9. The maximum atomic E-state index is 13.7. The van der Waals surface area contributed by atoms with Crippen LogP contribution < -0.4 is 4.90 Å². The number of para-hydroxylation sites is 1. The van der Waals surface area contributed by atoms with Crippen LogP contribution in [0.1, 0.15) is 56.0 Å². The summed E-state index contributed by atoms with van der Waals surface area (Å²) in [5.41, 5.74) is 2.44. The molecule has 36 heavy (non-hydrogen) atoms. The molecule has 2 heterocycles. The first-order chi connectivity index (χ1) is 17.3. The number of sulfonamides is 1. The lowest BCUT2D eigenvalue weighted by Crippen LogP contribution is -2.42. The van der Waals surface area contributed by atoms with Crippen molar-refractivity contribution < 1.29 is 13.2 Å². The van der Waals surface area contributed by atoms with E-state index in [0.29, 0.717) is 23.8 Å². The van der Waals surface area contributed by atoms with Crippen LogP contribution in [-0.2, 0) is 10.0 Å². The highest BCUT2D eigenvalue weighted by molar-refractivity contribution is 7.89. The van der Waals surface area contributed by atoms with Gasteiger partial charge in [-0.1, -0.05) is 43.7 Å². The molecule has 1 aliphatic rings. The van der Waals surface area contributed by atoms with Gasteiger partial charge in [0.1, 0.15) is 0 Å². The van der Waals surface area contributed by atoms with Crippen molar-refractivity contribution in [3.8, 4) is 0 Å². The lowest BCUT2D eigenvalue weighted by atomic mass is 10.1. The van der Waals surface area contributed by atoms with Crippen LogP contribution in [0.4, 0.5) is 5.13 Å². The number of fused-ring (bicyclic) bond motifs is 1. The number of aromatic nitrogens is 1. The number of carbonyl (C=O) groups is 1. The Hall–Kier alpha value is -2.33. The van der Waals surface area contributed by atoms with Gasteiger partial charge in [0.05, 0.1) is 15.1 Å². The second-order valence-electron chi connectivity index (χ2n) is 9.39. The second kappa shape index (κ2) is 11.4. The number of carbonyl (C=O) groups excluding carboxylic acids is 1. The highest BCUT2D eigenvalue weighted by Gasteiger charge is 2.31. The Morgan fingerprint density at radius 1 is 1.08 bits per heavy atom. The van der Waals surface area contributed by atoms with Crippen LogP contribution in [0.25, 0.3) is 10.2 Å². The van der Waals surface area contributed by atoms with Gasteiger partial charge >= 0.3 is 0 Å². The van der Waals surface area contributed by atoms with Gasteiger partial charge in [-0.05, 0) is 75.7 Å². The number of nitrogens with zero attached hydrogens (tertiary/aromatic N) is 4. The van der Waals surface area contributed by atoms with Gasteiger partial charge in [0.2, 0.25) is 10.0 Å². The number of thiazole rings is 1. The van der Waals surface area contributed by atoms with E-state index in [4.69, 9.17) is 4.98 Å². The molecule has 1 unspecified atom stereocenters. The van der Waals surface area contributed by atoms with Crippen LogP contribution in [0.3, 0.4) is 0 Å². The number of anilines is 1.